The van der Waals surface area contributed by atoms with Gasteiger partial charge in [0.15, 0.2) is 0 Å². The summed E-state index contributed by atoms with van der Waals surface area (Å²) in [5.41, 5.74) is 2.88. The molecule has 2 aromatic rings. The van der Waals surface area contributed by atoms with Crippen molar-refractivity contribution in [2.45, 2.75) is 18.3 Å². The fraction of sp³-hybridized carbons (Fsp3) is 0.200. The van der Waals surface area contributed by atoms with Crippen molar-refractivity contribution in [3.8, 4) is 9.75 Å². The van der Waals surface area contributed by atoms with E-state index in [9.17, 15) is 0 Å². The van der Waals surface area contributed by atoms with Crippen LogP contribution in [0.25, 0.3) is 9.75 Å². The maximum atomic E-state index is 3.96. The van der Waals surface area contributed by atoms with Crippen LogP contribution in [0.15, 0.2) is 45.0 Å². The van der Waals surface area contributed by atoms with Crippen LogP contribution in [0, 0.1) is 0 Å². The largest absolute Gasteiger partial charge is 0.127 e. The summed E-state index contributed by atoms with van der Waals surface area (Å²) in [7, 11) is 0. The molecule has 0 aliphatic heterocycles. The Hall–Kier alpha value is -0.160. The molecule has 0 atom stereocenters. The van der Waals surface area contributed by atoms with Crippen LogP contribution in [-0.2, 0) is 5.41 Å². The van der Waals surface area contributed by atoms with Gasteiger partial charge < -0.3 is 0 Å². The summed E-state index contributed by atoms with van der Waals surface area (Å²) >= 11 is 10.9. The maximum absolute atomic E-state index is 3.96. The highest BCUT2D eigenvalue weighted by Gasteiger charge is 2.44. The Kier molecular flexibility index (Phi) is 3.63. The minimum absolute atomic E-state index is 0.0270. The molecule has 2 heterocycles. The van der Waals surface area contributed by atoms with Crippen molar-refractivity contribution in [3.05, 3.63) is 56.1 Å². The lowest BCUT2D eigenvalue weighted by molar-refractivity contribution is 0.545. The summed E-state index contributed by atoms with van der Waals surface area (Å²) in [6, 6.07) is 4.54. The minimum atomic E-state index is 0.0270. The lowest BCUT2D eigenvalue weighted by Gasteiger charge is -2.28. The number of fused-ring (bicyclic) bond motifs is 3. The van der Waals surface area contributed by atoms with E-state index < -0.39 is 0 Å². The van der Waals surface area contributed by atoms with E-state index in [1.807, 2.05) is 34.8 Å². The Morgan fingerprint density at radius 3 is 1.74 bits per heavy atom. The topological polar surface area (TPSA) is 0 Å². The van der Waals surface area contributed by atoms with Gasteiger partial charge in [-0.1, -0.05) is 12.2 Å². The van der Waals surface area contributed by atoms with Crippen LogP contribution in [0.2, 0.25) is 0 Å². The molecule has 0 spiro atoms. The standard InChI is InChI=1S/C15H12Br2S2/c1-3-5-15(6-4-2)9-7-11(16)18-13(9)14-10(15)8-12(17)19-14/h3-4,7-8H,1-2,5-6H2. The third-order valence-electron chi connectivity index (χ3n) is 3.63. The fourth-order valence-corrected chi connectivity index (χ4v) is 6.49. The maximum Gasteiger partial charge on any atom is 0.0708 e. The van der Waals surface area contributed by atoms with Crippen LogP contribution in [0.3, 0.4) is 0 Å². The molecular formula is C15H12Br2S2. The number of rotatable bonds is 4. The highest BCUT2D eigenvalue weighted by atomic mass is 79.9. The predicted octanol–water partition coefficient (Wildman–Crippen LogP) is 6.75. The van der Waals surface area contributed by atoms with Gasteiger partial charge in [0.2, 0.25) is 0 Å². The molecular weight excluding hydrogens is 404 g/mol. The third-order valence-corrected chi connectivity index (χ3v) is 7.07. The second-order valence-electron chi connectivity index (χ2n) is 4.65. The van der Waals surface area contributed by atoms with Gasteiger partial charge in [0.05, 0.1) is 7.57 Å². The molecule has 0 aromatic carbocycles. The number of thiophene rings is 2. The van der Waals surface area contributed by atoms with Crippen molar-refractivity contribution in [2.24, 2.45) is 0 Å². The highest BCUT2D eigenvalue weighted by Crippen LogP contribution is 2.59. The Balaban J connectivity index is 2.32. The summed E-state index contributed by atoms with van der Waals surface area (Å²) < 4.78 is 2.40. The second-order valence-corrected chi connectivity index (χ2v) is 9.52. The van der Waals surface area contributed by atoms with Gasteiger partial charge in [-0.25, -0.2) is 0 Å². The van der Waals surface area contributed by atoms with Gasteiger partial charge in [-0.05, 0) is 68.0 Å². The molecule has 0 bridgehead atoms. The van der Waals surface area contributed by atoms with Gasteiger partial charge in [0.25, 0.3) is 0 Å². The van der Waals surface area contributed by atoms with Crippen molar-refractivity contribution < 1.29 is 0 Å². The summed E-state index contributed by atoms with van der Waals surface area (Å²) in [5, 5.41) is 0. The smallest absolute Gasteiger partial charge is 0.0708 e. The van der Waals surface area contributed by atoms with Crippen molar-refractivity contribution in [3.63, 3.8) is 0 Å². The Labute approximate surface area is 138 Å². The molecule has 0 saturated heterocycles. The monoisotopic (exact) mass is 414 g/mol. The van der Waals surface area contributed by atoms with Gasteiger partial charge in [-0.15, -0.1) is 35.8 Å². The first-order valence-electron chi connectivity index (χ1n) is 5.94. The van der Waals surface area contributed by atoms with Crippen LogP contribution in [0.4, 0.5) is 0 Å². The zero-order valence-corrected chi connectivity index (χ0v) is 15.0. The van der Waals surface area contributed by atoms with E-state index in [1.54, 1.807) is 0 Å². The Morgan fingerprint density at radius 1 is 0.947 bits per heavy atom. The molecule has 19 heavy (non-hydrogen) atoms. The average Bonchev–Trinajstić information content (AvgIpc) is 2.96. The normalized spacial score (nSPS) is 15.1. The molecule has 1 aliphatic carbocycles. The van der Waals surface area contributed by atoms with Gasteiger partial charge >= 0.3 is 0 Å². The van der Waals surface area contributed by atoms with Crippen LogP contribution >= 0.6 is 54.5 Å². The minimum Gasteiger partial charge on any atom is -0.127 e. The summed E-state index contributed by atoms with van der Waals surface area (Å²) in [4.78, 5) is 2.81. The zero-order valence-electron chi connectivity index (χ0n) is 10.2. The van der Waals surface area contributed by atoms with Gasteiger partial charge in [-0.3, -0.25) is 0 Å². The lowest BCUT2D eigenvalue weighted by atomic mass is 9.74. The highest BCUT2D eigenvalue weighted by molar-refractivity contribution is 9.11. The van der Waals surface area contributed by atoms with Crippen molar-refractivity contribution in [2.75, 3.05) is 0 Å². The average molecular weight is 416 g/mol. The quantitative estimate of drug-likeness (QED) is 0.484. The van der Waals surface area contributed by atoms with Gasteiger partial charge in [-0.2, -0.15) is 0 Å². The van der Waals surface area contributed by atoms with E-state index in [-0.39, 0.29) is 5.41 Å². The number of allylic oxidation sites excluding steroid dienone is 2. The molecule has 4 heteroatoms. The summed E-state index contributed by atoms with van der Waals surface area (Å²) in [6.07, 6.45) is 5.95. The molecule has 0 amide bonds. The van der Waals surface area contributed by atoms with E-state index in [1.165, 1.54) is 28.5 Å². The molecule has 0 saturated carbocycles. The molecule has 2 aromatic heterocycles. The number of hydrogen-bond donors (Lipinski definition) is 0. The van der Waals surface area contributed by atoms with Crippen LogP contribution in [0.1, 0.15) is 24.0 Å². The first-order valence-corrected chi connectivity index (χ1v) is 9.16. The van der Waals surface area contributed by atoms with E-state index in [0.29, 0.717) is 0 Å². The van der Waals surface area contributed by atoms with Crippen LogP contribution < -0.4 is 0 Å². The molecule has 3 rings (SSSR count). The van der Waals surface area contributed by atoms with E-state index in [0.717, 1.165) is 12.8 Å². The van der Waals surface area contributed by atoms with Crippen molar-refractivity contribution >= 4 is 54.5 Å². The second kappa shape index (κ2) is 4.99. The SMILES string of the molecule is C=CCC1(CC=C)c2cc(Br)sc2-c2sc(Br)cc21. The van der Waals surface area contributed by atoms with E-state index >= 15 is 0 Å². The summed E-state index contributed by atoms with van der Waals surface area (Å²) in [6.45, 7) is 7.92. The number of hydrogen-bond acceptors (Lipinski definition) is 2. The van der Waals surface area contributed by atoms with E-state index in [4.69, 9.17) is 0 Å². The Morgan fingerprint density at radius 2 is 1.37 bits per heavy atom. The predicted molar refractivity (Wildman–Crippen MR) is 93.4 cm³/mol. The fourth-order valence-electron chi connectivity index (χ4n) is 2.93. The van der Waals surface area contributed by atoms with Gasteiger partial charge in [0, 0.05) is 15.2 Å². The van der Waals surface area contributed by atoms with Crippen LogP contribution in [-0.4, -0.2) is 0 Å². The number of halogens is 2. The summed E-state index contributed by atoms with van der Waals surface area (Å²) in [5.74, 6) is 0. The molecule has 98 valence electrons. The first-order chi connectivity index (χ1) is 9.12. The first kappa shape index (κ1) is 13.8. The molecule has 0 nitrogen and oxygen atoms in total. The lowest BCUT2D eigenvalue weighted by Crippen LogP contribution is -2.23. The van der Waals surface area contributed by atoms with Crippen molar-refractivity contribution in [1.82, 2.24) is 0 Å². The molecule has 1 aliphatic rings. The Bertz CT molecular complexity index is 605. The van der Waals surface area contributed by atoms with Gasteiger partial charge in [0.1, 0.15) is 0 Å². The molecule has 0 N–H and O–H groups in total. The van der Waals surface area contributed by atoms with Crippen molar-refractivity contribution in [1.29, 1.82) is 0 Å². The zero-order chi connectivity index (χ0) is 13.6. The molecule has 0 radical (unpaired) electrons. The molecule has 0 fully saturated rings. The molecule has 0 unspecified atom stereocenters. The van der Waals surface area contributed by atoms with E-state index in [2.05, 4.69) is 57.2 Å². The third kappa shape index (κ3) is 1.96. The van der Waals surface area contributed by atoms with Crippen LogP contribution in [0.5, 0.6) is 0 Å².